The van der Waals surface area contributed by atoms with Gasteiger partial charge in [0.15, 0.2) is 17.3 Å². The van der Waals surface area contributed by atoms with Gasteiger partial charge in [-0.05, 0) is 24.3 Å². The van der Waals surface area contributed by atoms with Crippen molar-refractivity contribution >= 4 is 11.8 Å². The number of carbonyl (C=O) groups is 1. The Kier molecular flexibility index (Phi) is 4.51. The smallest absolute Gasteiger partial charge is 0.277 e. The summed E-state index contributed by atoms with van der Waals surface area (Å²) in [6, 6.07) is 6.86. The summed E-state index contributed by atoms with van der Waals surface area (Å²) in [4.78, 5) is 12.0. The fourth-order valence-corrected chi connectivity index (χ4v) is 2.59. The van der Waals surface area contributed by atoms with Crippen molar-refractivity contribution in [3.05, 3.63) is 41.9 Å². The van der Waals surface area contributed by atoms with Gasteiger partial charge in [0, 0.05) is 6.92 Å². The van der Waals surface area contributed by atoms with E-state index < -0.39 is 6.23 Å². The summed E-state index contributed by atoms with van der Waals surface area (Å²) in [7, 11) is 4.54. The number of rotatable bonds is 5. The van der Waals surface area contributed by atoms with Crippen LogP contribution in [0.15, 0.2) is 40.0 Å². The first-order valence-electron chi connectivity index (χ1n) is 7.48. The van der Waals surface area contributed by atoms with Crippen LogP contribution < -0.4 is 14.2 Å². The minimum atomic E-state index is -0.813. The zero-order valence-electron chi connectivity index (χ0n) is 14.3. The Morgan fingerprint density at radius 2 is 1.88 bits per heavy atom. The van der Waals surface area contributed by atoms with E-state index in [4.69, 9.17) is 23.4 Å². The molecule has 0 radical (unpaired) electrons. The van der Waals surface area contributed by atoms with Crippen LogP contribution in [0.25, 0.3) is 0 Å². The average molecular weight is 346 g/mol. The van der Waals surface area contributed by atoms with E-state index in [1.165, 1.54) is 39.5 Å². The van der Waals surface area contributed by atoms with Gasteiger partial charge >= 0.3 is 0 Å². The summed E-state index contributed by atoms with van der Waals surface area (Å²) < 4.78 is 27.3. The first-order valence-corrected chi connectivity index (χ1v) is 7.48. The molecule has 1 aromatic heterocycles. The van der Waals surface area contributed by atoms with Crippen molar-refractivity contribution < 1.29 is 28.2 Å². The number of amides is 1. The highest BCUT2D eigenvalue weighted by Gasteiger charge is 2.37. The van der Waals surface area contributed by atoms with Crippen molar-refractivity contribution in [3.63, 3.8) is 0 Å². The van der Waals surface area contributed by atoms with E-state index in [0.717, 1.165) is 0 Å². The molecule has 8 heteroatoms. The molecule has 3 rings (SSSR count). The largest absolute Gasteiger partial charge is 0.493 e. The highest BCUT2D eigenvalue weighted by Crippen LogP contribution is 2.45. The molecular weight excluding hydrogens is 328 g/mol. The number of hydrogen-bond acceptors (Lipinski definition) is 7. The summed E-state index contributed by atoms with van der Waals surface area (Å²) in [5.41, 5.74) is 0.570. The molecule has 1 atom stereocenters. The normalized spacial score (nSPS) is 16.2. The summed E-state index contributed by atoms with van der Waals surface area (Å²) in [6.07, 6.45) is 0.691. The van der Waals surface area contributed by atoms with Crippen LogP contribution in [-0.2, 0) is 9.53 Å². The minimum Gasteiger partial charge on any atom is -0.493 e. The van der Waals surface area contributed by atoms with Gasteiger partial charge in [-0.3, -0.25) is 4.79 Å². The lowest BCUT2D eigenvalue weighted by atomic mass is 10.1. The molecule has 0 aliphatic carbocycles. The summed E-state index contributed by atoms with van der Waals surface area (Å²) in [5.74, 6) is 1.65. The summed E-state index contributed by atoms with van der Waals surface area (Å²) in [5, 5.41) is 5.44. The molecule has 25 heavy (non-hydrogen) atoms. The maximum absolute atomic E-state index is 12.0. The first kappa shape index (κ1) is 16.7. The van der Waals surface area contributed by atoms with E-state index in [0.29, 0.717) is 28.6 Å². The van der Waals surface area contributed by atoms with Gasteiger partial charge in [0.05, 0.1) is 33.2 Å². The molecule has 8 nitrogen and oxygen atoms in total. The molecule has 1 aliphatic heterocycles. The molecule has 0 N–H and O–H groups in total. The standard InChI is InChI=1S/C17H18N2O6/c1-10(20)19-17(25-16(18-19)13-6-5-9-24-13)11-7-8-12(21-2)15(23-4)14(11)22-3/h5-9,17H,1-4H3/t17-/m1/s1. The lowest BCUT2D eigenvalue weighted by molar-refractivity contribution is -0.135. The van der Waals surface area contributed by atoms with Crippen molar-refractivity contribution in [1.82, 2.24) is 5.01 Å². The zero-order chi connectivity index (χ0) is 18.0. The third kappa shape index (κ3) is 2.86. The summed E-state index contributed by atoms with van der Waals surface area (Å²) >= 11 is 0. The van der Waals surface area contributed by atoms with E-state index in [2.05, 4.69) is 5.10 Å². The molecule has 0 spiro atoms. The van der Waals surface area contributed by atoms with Crippen LogP contribution in [0.2, 0.25) is 0 Å². The zero-order valence-corrected chi connectivity index (χ0v) is 14.3. The second kappa shape index (κ2) is 6.76. The van der Waals surface area contributed by atoms with Crippen molar-refractivity contribution in [1.29, 1.82) is 0 Å². The first-order chi connectivity index (χ1) is 12.1. The molecule has 132 valence electrons. The van der Waals surface area contributed by atoms with Gasteiger partial charge in [-0.25, -0.2) is 0 Å². The Morgan fingerprint density at radius 1 is 1.12 bits per heavy atom. The molecule has 1 aliphatic rings. The fourth-order valence-electron chi connectivity index (χ4n) is 2.59. The third-order valence-electron chi connectivity index (χ3n) is 3.70. The molecule has 0 saturated carbocycles. The van der Waals surface area contributed by atoms with Crippen molar-refractivity contribution in [2.45, 2.75) is 13.2 Å². The molecule has 1 aromatic carbocycles. The Bertz CT molecular complexity index is 800. The fraction of sp³-hybridized carbons (Fsp3) is 0.294. The minimum absolute atomic E-state index is 0.210. The van der Waals surface area contributed by atoms with E-state index in [9.17, 15) is 4.79 Å². The lowest BCUT2D eigenvalue weighted by Gasteiger charge is -2.23. The van der Waals surface area contributed by atoms with Gasteiger partial charge in [0.1, 0.15) is 0 Å². The van der Waals surface area contributed by atoms with E-state index in [1.54, 1.807) is 24.3 Å². The molecular formula is C17H18N2O6. The number of carbonyl (C=O) groups excluding carboxylic acids is 1. The topological polar surface area (TPSA) is 82.7 Å². The van der Waals surface area contributed by atoms with Gasteiger partial charge in [0.25, 0.3) is 5.90 Å². The maximum Gasteiger partial charge on any atom is 0.277 e. The molecule has 0 bridgehead atoms. The third-order valence-corrected chi connectivity index (χ3v) is 3.70. The monoisotopic (exact) mass is 346 g/mol. The Hall–Kier alpha value is -3.16. The van der Waals surface area contributed by atoms with Crippen LogP contribution in [0.1, 0.15) is 24.5 Å². The van der Waals surface area contributed by atoms with Crippen LogP contribution in [0, 0.1) is 0 Å². The molecule has 1 amide bonds. The Balaban J connectivity index is 2.05. The van der Waals surface area contributed by atoms with E-state index in [-0.39, 0.29) is 11.8 Å². The second-order valence-corrected chi connectivity index (χ2v) is 5.14. The number of methoxy groups -OCH3 is 3. The van der Waals surface area contributed by atoms with Gasteiger partial charge in [0.2, 0.25) is 17.9 Å². The lowest BCUT2D eigenvalue weighted by Crippen LogP contribution is -2.25. The Morgan fingerprint density at radius 3 is 2.44 bits per heavy atom. The molecule has 2 heterocycles. The van der Waals surface area contributed by atoms with Crippen LogP contribution in [0.5, 0.6) is 17.2 Å². The maximum atomic E-state index is 12.0. The summed E-state index contributed by atoms with van der Waals surface area (Å²) in [6.45, 7) is 1.40. The highest BCUT2D eigenvalue weighted by atomic mass is 16.6. The van der Waals surface area contributed by atoms with Gasteiger partial charge in [-0.1, -0.05) is 0 Å². The predicted octanol–water partition coefficient (Wildman–Crippen LogP) is 2.54. The van der Waals surface area contributed by atoms with Gasteiger partial charge in [-0.2, -0.15) is 5.01 Å². The molecule has 2 aromatic rings. The number of ether oxygens (including phenoxy) is 4. The van der Waals surface area contributed by atoms with Crippen LogP contribution in [0.4, 0.5) is 0 Å². The SMILES string of the molecule is COc1ccc([C@H]2OC(c3ccco3)=NN2C(C)=O)c(OC)c1OC. The number of hydrazone groups is 1. The van der Waals surface area contributed by atoms with Crippen molar-refractivity contribution in [2.24, 2.45) is 5.10 Å². The van der Waals surface area contributed by atoms with E-state index >= 15 is 0 Å². The molecule has 0 saturated heterocycles. The number of hydrogen-bond donors (Lipinski definition) is 0. The predicted molar refractivity (Wildman–Crippen MR) is 87.7 cm³/mol. The highest BCUT2D eigenvalue weighted by molar-refractivity contribution is 5.94. The molecule has 0 fully saturated rings. The average Bonchev–Trinajstić information content (AvgIpc) is 3.29. The van der Waals surface area contributed by atoms with Crippen LogP contribution >= 0.6 is 0 Å². The quantitative estimate of drug-likeness (QED) is 0.827. The van der Waals surface area contributed by atoms with Crippen molar-refractivity contribution in [3.8, 4) is 17.2 Å². The number of furan rings is 1. The van der Waals surface area contributed by atoms with Gasteiger partial charge in [-0.15, -0.1) is 5.10 Å². The van der Waals surface area contributed by atoms with E-state index in [1.807, 2.05) is 0 Å². The van der Waals surface area contributed by atoms with Crippen LogP contribution in [-0.4, -0.2) is 38.1 Å². The Labute approximate surface area is 144 Å². The van der Waals surface area contributed by atoms with Gasteiger partial charge < -0.3 is 23.4 Å². The number of benzene rings is 1. The van der Waals surface area contributed by atoms with Crippen molar-refractivity contribution in [2.75, 3.05) is 21.3 Å². The van der Waals surface area contributed by atoms with Crippen LogP contribution in [0.3, 0.4) is 0 Å². The second-order valence-electron chi connectivity index (χ2n) is 5.14. The molecule has 0 unspecified atom stereocenters. The number of nitrogens with zero attached hydrogens (tertiary/aromatic N) is 2.